The number of ether oxygens (including phenoxy) is 1. The molecule has 0 saturated heterocycles. The van der Waals surface area contributed by atoms with E-state index in [2.05, 4.69) is 15.3 Å². The van der Waals surface area contributed by atoms with Crippen molar-refractivity contribution in [2.45, 2.75) is 13.3 Å². The Morgan fingerprint density at radius 3 is 2.77 bits per heavy atom. The third kappa shape index (κ3) is 3.94. The maximum atomic E-state index is 12.4. The quantitative estimate of drug-likeness (QED) is 0.698. The number of hydrogen-bond donors (Lipinski definition) is 1. The Morgan fingerprint density at radius 1 is 1.19 bits per heavy atom. The fourth-order valence-corrected chi connectivity index (χ4v) is 3.25. The van der Waals surface area contributed by atoms with Crippen LogP contribution in [0.5, 0.6) is 0 Å². The number of aromatic nitrogens is 2. The van der Waals surface area contributed by atoms with Crippen LogP contribution >= 0.6 is 11.3 Å². The van der Waals surface area contributed by atoms with Crippen molar-refractivity contribution in [2.24, 2.45) is 0 Å². The van der Waals surface area contributed by atoms with Gasteiger partial charge in [-0.05, 0) is 36.8 Å². The highest BCUT2D eigenvalue weighted by Crippen LogP contribution is 2.23. The standard InChI is InChI=1S/C19H17N3O3S/c1-12-14(19(24)25-2)6-5-8-15(12)22-17(23)10-13-11-26-18(21-13)16-7-3-4-9-20-16/h3-9,11H,10H2,1-2H3,(H,22,23). The van der Waals surface area contributed by atoms with Crippen molar-refractivity contribution in [3.63, 3.8) is 0 Å². The smallest absolute Gasteiger partial charge is 0.338 e. The number of rotatable bonds is 5. The molecule has 0 saturated carbocycles. The lowest BCUT2D eigenvalue weighted by molar-refractivity contribution is -0.115. The predicted molar refractivity (Wildman–Crippen MR) is 100 cm³/mol. The Bertz CT molecular complexity index is 938. The summed E-state index contributed by atoms with van der Waals surface area (Å²) in [6.07, 6.45) is 1.85. The molecular formula is C19H17N3O3S. The highest BCUT2D eigenvalue weighted by Gasteiger charge is 2.14. The van der Waals surface area contributed by atoms with Gasteiger partial charge in [-0.25, -0.2) is 9.78 Å². The van der Waals surface area contributed by atoms with Crippen molar-refractivity contribution < 1.29 is 14.3 Å². The van der Waals surface area contributed by atoms with Gasteiger partial charge in [-0.15, -0.1) is 11.3 Å². The molecule has 2 aromatic heterocycles. The van der Waals surface area contributed by atoms with Gasteiger partial charge < -0.3 is 10.1 Å². The zero-order valence-electron chi connectivity index (χ0n) is 14.4. The zero-order chi connectivity index (χ0) is 18.5. The Morgan fingerprint density at radius 2 is 2.04 bits per heavy atom. The van der Waals surface area contributed by atoms with Gasteiger partial charge in [-0.3, -0.25) is 9.78 Å². The first-order valence-corrected chi connectivity index (χ1v) is 8.80. The average Bonchev–Trinajstić information content (AvgIpc) is 3.12. The van der Waals surface area contributed by atoms with Gasteiger partial charge in [-0.2, -0.15) is 0 Å². The fourth-order valence-electron chi connectivity index (χ4n) is 2.46. The molecule has 0 fully saturated rings. The van der Waals surface area contributed by atoms with E-state index < -0.39 is 5.97 Å². The van der Waals surface area contributed by atoms with Crippen LogP contribution in [0.15, 0.2) is 48.0 Å². The third-order valence-corrected chi connectivity index (χ3v) is 4.70. The molecule has 6 nitrogen and oxygen atoms in total. The summed E-state index contributed by atoms with van der Waals surface area (Å²) >= 11 is 1.45. The first kappa shape index (κ1) is 17.8. The minimum atomic E-state index is -0.432. The van der Waals surface area contributed by atoms with Crippen LogP contribution in [-0.2, 0) is 16.0 Å². The van der Waals surface area contributed by atoms with Crippen LogP contribution in [0.25, 0.3) is 10.7 Å². The molecule has 0 aliphatic heterocycles. The van der Waals surface area contributed by atoms with E-state index in [4.69, 9.17) is 4.74 Å². The second kappa shape index (κ2) is 7.88. The van der Waals surface area contributed by atoms with Gasteiger partial charge in [0.15, 0.2) is 0 Å². The maximum absolute atomic E-state index is 12.4. The molecule has 0 unspecified atom stereocenters. The number of methoxy groups -OCH3 is 1. The number of benzene rings is 1. The number of thiazole rings is 1. The molecule has 132 valence electrons. The van der Waals surface area contributed by atoms with Gasteiger partial charge >= 0.3 is 5.97 Å². The lowest BCUT2D eigenvalue weighted by atomic mass is 10.1. The SMILES string of the molecule is COC(=O)c1cccc(NC(=O)Cc2csc(-c3ccccn3)n2)c1C. The number of carbonyl (C=O) groups is 2. The number of esters is 1. The van der Waals surface area contributed by atoms with E-state index in [-0.39, 0.29) is 12.3 Å². The van der Waals surface area contributed by atoms with E-state index in [1.54, 1.807) is 31.3 Å². The number of pyridine rings is 1. The number of hydrogen-bond acceptors (Lipinski definition) is 6. The van der Waals surface area contributed by atoms with Crippen LogP contribution in [0.3, 0.4) is 0 Å². The summed E-state index contributed by atoms with van der Waals surface area (Å²) in [7, 11) is 1.33. The van der Waals surface area contributed by atoms with Crippen LogP contribution < -0.4 is 5.32 Å². The Labute approximate surface area is 154 Å². The van der Waals surface area contributed by atoms with Crippen LogP contribution in [-0.4, -0.2) is 29.0 Å². The van der Waals surface area contributed by atoms with E-state index in [9.17, 15) is 9.59 Å². The number of nitrogens with zero attached hydrogens (tertiary/aromatic N) is 2. The van der Waals surface area contributed by atoms with Gasteiger partial charge in [0.25, 0.3) is 0 Å². The van der Waals surface area contributed by atoms with Gasteiger partial charge in [0, 0.05) is 17.3 Å². The summed E-state index contributed by atoms with van der Waals surface area (Å²) in [5.41, 5.74) is 3.13. The first-order chi connectivity index (χ1) is 12.6. The van der Waals surface area contributed by atoms with E-state index in [1.807, 2.05) is 23.6 Å². The molecule has 0 radical (unpaired) electrons. The normalized spacial score (nSPS) is 10.4. The van der Waals surface area contributed by atoms with Crippen molar-refractivity contribution in [3.8, 4) is 10.7 Å². The monoisotopic (exact) mass is 367 g/mol. The Kier molecular flexibility index (Phi) is 5.38. The summed E-state index contributed by atoms with van der Waals surface area (Å²) in [6, 6.07) is 10.7. The van der Waals surface area contributed by atoms with Crippen LogP contribution in [0, 0.1) is 6.92 Å². The highest BCUT2D eigenvalue weighted by molar-refractivity contribution is 7.13. The molecule has 0 aliphatic carbocycles. The molecule has 3 rings (SSSR count). The lowest BCUT2D eigenvalue weighted by Gasteiger charge is -2.11. The summed E-state index contributed by atoms with van der Waals surface area (Å²) in [4.78, 5) is 32.8. The molecule has 2 heterocycles. The fraction of sp³-hybridized carbons (Fsp3) is 0.158. The maximum Gasteiger partial charge on any atom is 0.338 e. The average molecular weight is 367 g/mol. The molecule has 0 bridgehead atoms. The summed E-state index contributed by atoms with van der Waals surface area (Å²) in [6.45, 7) is 1.77. The lowest BCUT2D eigenvalue weighted by Crippen LogP contribution is -2.16. The molecular weight excluding hydrogens is 350 g/mol. The van der Waals surface area contributed by atoms with E-state index in [0.717, 1.165) is 10.7 Å². The van der Waals surface area contributed by atoms with Crippen LogP contribution in [0.4, 0.5) is 5.69 Å². The topological polar surface area (TPSA) is 81.2 Å². The minimum absolute atomic E-state index is 0.144. The second-order valence-corrected chi connectivity index (χ2v) is 6.41. The summed E-state index contributed by atoms with van der Waals surface area (Å²) in [5, 5.41) is 5.45. The predicted octanol–water partition coefficient (Wildman–Crippen LogP) is 3.48. The third-order valence-electron chi connectivity index (χ3n) is 3.79. The number of amides is 1. The Balaban J connectivity index is 1.70. The highest BCUT2D eigenvalue weighted by atomic mass is 32.1. The first-order valence-electron chi connectivity index (χ1n) is 7.92. The van der Waals surface area contributed by atoms with E-state index in [1.165, 1.54) is 18.4 Å². The molecule has 1 aromatic carbocycles. The molecule has 0 spiro atoms. The molecule has 0 atom stereocenters. The number of anilines is 1. The van der Waals surface area contributed by atoms with E-state index >= 15 is 0 Å². The van der Waals surface area contributed by atoms with Gasteiger partial charge in [0.2, 0.25) is 5.91 Å². The van der Waals surface area contributed by atoms with Crippen molar-refractivity contribution in [1.82, 2.24) is 9.97 Å². The molecule has 3 aromatic rings. The van der Waals surface area contributed by atoms with Gasteiger partial charge in [-0.1, -0.05) is 12.1 Å². The molecule has 1 amide bonds. The largest absolute Gasteiger partial charge is 0.465 e. The van der Waals surface area contributed by atoms with Gasteiger partial charge in [0.05, 0.1) is 30.5 Å². The molecule has 7 heteroatoms. The summed E-state index contributed by atoms with van der Waals surface area (Å²) < 4.78 is 4.75. The molecule has 1 N–H and O–H groups in total. The van der Waals surface area contributed by atoms with Crippen molar-refractivity contribution in [3.05, 3.63) is 64.8 Å². The van der Waals surface area contributed by atoms with Gasteiger partial charge in [0.1, 0.15) is 5.01 Å². The van der Waals surface area contributed by atoms with Crippen molar-refractivity contribution in [1.29, 1.82) is 0 Å². The summed E-state index contributed by atoms with van der Waals surface area (Å²) in [5.74, 6) is -0.633. The number of nitrogens with one attached hydrogen (secondary N) is 1. The minimum Gasteiger partial charge on any atom is -0.465 e. The second-order valence-electron chi connectivity index (χ2n) is 5.55. The van der Waals surface area contributed by atoms with Crippen molar-refractivity contribution in [2.75, 3.05) is 12.4 Å². The Hall–Kier alpha value is -3.06. The molecule has 26 heavy (non-hydrogen) atoms. The molecule has 0 aliphatic rings. The van der Waals surface area contributed by atoms with Crippen molar-refractivity contribution >= 4 is 28.9 Å². The van der Waals surface area contributed by atoms with Crippen LogP contribution in [0.2, 0.25) is 0 Å². The van der Waals surface area contributed by atoms with E-state index in [0.29, 0.717) is 22.5 Å². The van der Waals surface area contributed by atoms with Crippen LogP contribution in [0.1, 0.15) is 21.6 Å². The number of carbonyl (C=O) groups excluding carboxylic acids is 2. The zero-order valence-corrected chi connectivity index (χ0v) is 15.2.